The maximum Gasteiger partial charge on any atom is 0.227 e. The van der Waals surface area contributed by atoms with Gasteiger partial charge >= 0.3 is 0 Å². The number of aromatic nitrogens is 1. The molecule has 2 N–H and O–H groups in total. The van der Waals surface area contributed by atoms with Crippen LogP contribution in [0.5, 0.6) is 0 Å². The number of nitrogens with zero attached hydrogens (tertiary/aromatic N) is 3. The largest absolute Gasteiger partial charge is 0.368 e. The summed E-state index contributed by atoms with van der Waals surface area (Å²) in [7, 11) is 0. The van der Waals surface area contributed by atoms with Crippen molar-refractivity contribution in [2.24, 2.45) is 4.99 Å². The second-order valence-corrected chi connectivity index (χ2v) is 8.73. The van der Waals surface area contributed by atoms with Crippen molar-refractivity contribution in [3.8, 4) is 0 Å². The molecule has 30 heavy (non-hydrogen) atoms. The SMILES string of the molecule is O=C(Cc1ccccc1)N1CCC[C@]2(C1)Nc1cccnc1NC2=NC1CCCC1. The lowest BCUT2D eigenvalue weighted by molar-refractivity contribution is -0.131. The number of benzene rings is 1. The van der Waals surface area contributed by atoms with Crippen LogP contribution in [0.15, 0.2) is 53.7 Å². The average Bonchev–Trinajstić information content (AvgIpc) is 3.28. The van der Waals surface area contributed by atoms with Crippen molar-refractivity contribution in [2.75, 3.05) is 23.7 Å². The van der Waals surface area contributed by atoms with E-state index < -0.39 is 0 Å². The summed E-state index contributed by atoms with van der Waals surface area (Å²) < 4.78 is 0. The number of amidine groups is 1. The predicted molar refractivity (Wildman–Crippen MR) is 120 cm³/mol. The topological polar surface area (TPSA) is 69.6 Å². The van der Waals surface area contributed by atoms with Crippen LogP contribution in [0, 0.1) is 0 Å². The molecule has 6 nitrogen and oxygen atoms in total. The third-order valence-corrected chi connectivity index (χ3v) is 6.55. The Bertz CT molecular complexity index is 938. The summed E-state index contributed by atoms with van der Waals surface area (Å²) in [5.41, 5.74) is 1.68. The van der Waals surface area contributed by atoms with Crippen LogP contribution < -0.4 is 10.6 Å². The van der Waals surface area contributed by atoms with E-state index in [0.29, 0.717) is 19.0 Å². The lowest BCUT2D eigenvalue weighted by Crippen LogP contribution is -2.63. The Kier molecular flexibility index (Phi) is 5.15. The van der Waals surface area contributed by atoms with Crippen LogP contribution in [0.4, 0.5) is 11.5 Å². The third kappa shape index (κ3) is 3.78. The molecule has 1 aromatic heterocycles. The molecule has 2 aliphatic heterocycles. The van der Waals surface area contributed by atoms with Gasteiger partial charge in [-0.3, -0.25) is 9.79 Å². The van der Waals surface area contributed by atoms with Crippen LogP contribution in [0.1, 0.15) is 44.1 Å². The molecule has 156 valence electrons. The molecule has 6 heteroatoms. The van der Waals surface area contributed by atoms with Gasteiger partial charge in [0.25, 0.3) is 0 Å². The molecule has 1 saturated heterocycles. The Labute approximate surface area is 177 Å². The third-order valence-electron chi connectivity index (χ3n) is 6.55. The fraction of sp³-hybridized carbons (Fsp3) is 0.458. The minimum Gasteiger partial charge on any atom is -0.368 e. The van der Waals surface area contributed by atoms with E-state index in [1.807, 2.05) is 47.4 Å². The minimum absolute atomic E-state index is 0.180. The zero-order valence-electron chi connectivity index (χ0n) is 17.3. The number of anilines is 2. The highest BCUT2D eigenvalue weighted by atomic mass is 16.2. The predicted octanol–water partition coefficient (Wildman–Crippen LogP) is 3.86. The first-order valence-corrected chi connectivity index (χ1v) is 11.1. The second kappa shape index (κ2) is 8.09. The molecule has 1 amide bonds. The van der Waals surface area contributed by atoms with Crippen molar-refractivity contribution < 1.29 is 4.79 Å². The zero-order valence-corrected chi connectivity index (χ0v) is 17.3. The summed E-state index contributed by atoms with van der Waals surface area (Å²) >= 11 is 0. The number of piperidine rings is 1. The first-order chi connectivity index (χ1) is 14.7. The Morgan fingerprint density at radius 3 is 2.80 bits per heavy atom. The van der Waals surface area contributed by atoms with Crippen LogP contribution in [0.2, 0.25) is 0 Å². The van der Waals surface area contributed by atoms with E-state index in [1.54, 1.807) is 6.20 Å². The monoisotopic (exact) mass is 403 g/mol. The van der Waals surface area contributed by atoms with E-state index in [0.717, 1.165) is 55.1 Å². The van der Waals surface area contributed by atoms with Gasteiger partial charge < -0.3 is 15.5 Å². The summed E-state index contributed by atoms with van der Waals surface area (Å²) in [6.07, 6.45) is 8.94. The van der Waals surface area contributed by atoms with Gasteiger partial charge in [-0.1, -0.05) is 43.2 Å². The molecule has 0 radical (unpaired) electrons. The first-order valence-electron chi connectivity index (χ1n) is 11.1. The molecular weight excluding hydrogens is 374 g/mol. The van der Waals surface area contributed by atoms with E-state index in [1.165, 1.54) is 12.8 Å². The van der Waals surface area contributed by atoms with Gasteiger partial charge in [0.05, 0.1) is 24.7 Å². The smallest absolute Gasteiger partial charge is 0.227 e. The molecule has 5 rings (SSSR count). The van der Waals surface area contributed by atoms with Crippen molar-refractivity contribution in [3.05, 3.63) is 54.2 Å². The number of likely N-dealkylation sites (tertiary alicyclic amines) is 1. The number of fused-ring (bicyclic) bond motifs is 1. The van der Waals surface area contributed by atoms with Crippen LogP contribution in [0.25, 0.3) is 0 Å². The number of hydrogen-bond donors (Lipinski definition) is 2. The van der Waals surface area contributed by atoms with E-state index in [-0.39, 0.29) is 11.4 Å². The molecule has 2 fully saturated rings. The zero-order chi connectivity index (χ0) is 20.4. The van der Waals surface area contributed by atoms with Gasteiger partial charge in [-0.2, -0.15) is 0 Å². The number of rotatable bonds is 3. The maximum atomic E-state index is 13.1. The Balaban J connectivity index is 1.42. The standard InChI is InChI=1S/C24H29N5O/c30-21(16-18-8-2-1-3-9-18)29-15-7-13-24(17-29)23(26-19-10-4-5-11-19)27-22-20(28-24)12-6-14-25-22/h1-3,6,8-9,12,14,19,28H,4-5,7,10-11,13,15-17H2,(H,25,26,27)/t24-/m1/s1. The quantitative estimate of drug-likeness (QED) is 0.816. The Morgan fingerprint density at radius 1 is 1.13 bits per heavy atom. The molecule has 1 spiro atoms. The summed E-state index contributed by atoms with van der Waals surface area (Å²) in [5, 5.41) is 7.27. The molecule has 0 unspecified atom stereocenters. The lowest BCUT2D eigenvalue weighted by atomic mass is 9.85. The maximum absolute atomic E-state index is 13.1. The molecule has 1 atom stereocenters. The number of aliphatic imine (C=N–C) groups is 1. The minimum atomic E-state index is -0.372. The van der Waals surface area contributed by atoms with Crippen molar-refractivity contribution in [1.29, 1.82) is 0 Å². The number of carbonyl (C=O) groups excluding carboxylic acids is 1. The van der Waals surface area contributed by atoms with Crippen LogP contribution >= 0.6 is 0 Å². The Morgan fingerprint density at radius 2 is 1.97 bits per heavy atom. The average molecular weight is 404 g/mol. The first kappa shape index (κ1) is 19.1. The van der Waals surface area contributed by atoms with Crippen molar-refractivity contribution in [2.45, 2.75) is 56.5 Å². The highest BCUT2D eigenvalue weighted by Crippen LogP contribution is 2.36. The van der Waals surface area contributed by atoms with Gasteiger partial charge in [0, 0.05) is 12.7 Å². The lowest BCUT2D eigenvalue weighted by Gasteiger charge is -2.47. The van der Waals surface area contributed by atoms with Crippen molar-refractivity contribution in [3.63, 3.8) is 0 Å². The summed E-state index contributed by atoms with van der Waals surface area (Å²) in [6, 6.07) is 14.4. The highest BCUT2D eigenvalue weighted by Gasteiger charge is 2.45. The molecule has 3 heterocycles. The molecule has 3 aliphatic rings. The van der Waals surface area contributed by atoms with Gasteiger partial charge in [-0.05, 0) is 43.4 Å². The number of pyridine rings is 1. The number of nitrogens with one attached hydrogen (secondary N) is 2. The molecule has 0 bridgehead atoms. The molecule has 2 aromatic rings. The summed E-state index contributed by atoms with van der Waals surface area (Å²) in [5.74, 6) is 1.96. The normalized spacial score (nSPS) is 25.1. The van der Waals surface area contributed by atoms with Crippen LogP contribution in [0.3, 0.4) is 0 Å². The summed E-state index contributed by atoms with van der Waals surface area (Å²) in [4.78, 5) is 24.8. The van der Waals surface area contributed by atoms with Gasteiger partial charge in [0.15, 0.2) is 5.82 Å². The van der Waals surface area contributed by atoms with Crippen molar-refractivity contribution >= 4 is 23.2 Å². The fourth-order valence-corrected chi connectivity index (χ4v) is 4.97. The highest BCUT2D eigenvalue weighted by molar-refractivity contribution is 6.09. The van der Waals surface area contributed by atoms with Crippen LogP contribution in [-0.4, -0.2) is 46.3 Å². The van der Waals surface area contributed by atoms with Gasteiger partial charge in [0.1, 0.15) is 11.4 Å². The number of hydrogen-bond acceptors (Lipinski definition) is 4. The van der Waals surface area contributed by atoms with Crippen LogP contribution in [-0.2, 0) is 11.2 Å². The fourth-order valence-electron chi connectivity index (χ4n) is 4.97. The number of carbonyl (C=O) groups is 1. The van der Waals surface area contributed by atoms with E-state index in [4.69, 9.17) is 4.99 Å². The Hall–Kier alpha value is -2.89. The second-order valence-electron chi connectivity index (χ2n) is 8.73. The summed E-state index contributed by atoms with van der Waals surface area (Å²) in [6.45, 7) is 1.43. The van der Waals surface area contributed by atoms with E-state index >= 15 is 0 Å². The molecular formula is C24H29N5O. The van der Waals surface area contributed by atoms with Crippen molar-refractivity contribution in [1.82, 2.24) is 9.88 Å². The van der Waals surface area contributed by atoms with E-state index in [2.05, 4.69) is 15.6 Å². The van der Waals surface area contributed by atoms with Gasteiger partial charge in [-0.25, -0.2) is 4.98 Å². The van der Waals surface area contributed by atoms with Gasteiger partial charge in [-0.15, -0.1) is 0 Å². The van der Waals surface area contributed by atoms with E-state index in [9.17, 15) is 4.79 Å². The molecule has 1 saturated carbocycles. The molecule has 1 aliphatic carbocycles. The molecule has 1 aromatic carbocycles. The van der Waals surface area contributed by atoms with Gasteiger partial charge in [0.2, 0.25) is 5.91 Å². The number of amides is 1.